The van der Waals surface area contributed by atoms with E-state index >= 15 is 0 Å². The lowest BCUT2D eigenvalue weighted by molar-refractivity contribution is -0.0718. The van der Waals surface area contributed by atoms with E-state index in [1.54, 1.807) is 5.51 Å². The van der Waals surface area contributed by atoms with Crippen molar-refractivity contribution in [3.63, 3.8) is 0 Å². The lowest BCUT2D eigenvalue weighted by atomic mass is 10.1. The number of aromatic nitrogens is 1. The number of nitrogens with one attached hydrogen (secondary N) is 1. The molecule has 24 heavy (non-hydrogen) atoms. The largest absolute Gasteiger partial charge is 0.379 e. The zero-order chi connectivity index (χ0) is 17.0. The van der Waals surface area contributed by atoms with Crippen molar-refractivity contribution >= 4 is 21.4 Å². The molecule has 2 atom stereocenters. The van der Waals surface area contributed by atoms with Gasteiger partial charge in [0, 0.05) is 12.0 Å². The molecule has 1 aliphatic rings. The fraction of sp³-hybridized carbons (Fsp3) is 0.400. The van der Waals surface area contributed by atoms with Gasteiger partial charge in [-0.25, -0.2) is 22.5 Å². The summed E-state index contributed by atoms with van der Waals surface area (Å²) < 4.78 is 52.3. The molecular weight excluding hydrogens is 355 g/mol. The first-order valence-corrected chi connectivity index (χ1v) is 9.82. The normalized spacial score (nSPS) is 21.7. The van der Waals surface area contributed by atoms with E-state index in [1.165, 1.54) is 29.5 Å². The van der Waals surface area contributed by atoms with Crippen LogP contribution in [0.4, 0.5) is 4.39 Å². The average Bonchev–Trinajstić information content (AvgIpc) is 3.07. The molecule has 0 bridgehead atoms. The highest BCUT2D eigenvalue weighted by Gasteiger charge is 2.32. The van der Waals surface area contributed by atoms with Crippen LogP contribution >= 0.6 is 11.3 Å². The summed E-state index contributed by atoms with van der Waals surface area (Å²) in [5, 5.41) is 1.86. The quantitative estimate of drug-likeness (QED) is 0.838. The van der Waals surface area contributed by atoms with Crippen LogP contribution in [0, 0.1) is 5.82 Å². The summed E-state index contributed by atoms with van der Waals surface area (Å²) in [6.07, 6.45) is -0.00270. The zero-order valence-electron chi connectivity index (χ0n) is 12.7. The molecule has 0 unspecified atom stereocenters. The van der Waals surface area contributed by atoms with Gasteiger partial charge in [-0.3, -0.25) is 0 Å². The Balaban J connectivity index is 1.70. The van der Waals surface area contributed by atoms with Gasteiger partial charge in [-0.15, -0.1) is 11.3 Å². The molecule has 6 nitrogen and oxygen atoms in total. The monoisotopic (exact) mass is 372 g/mol. The molecule has 130 valence electrons. The Morgan fingerprint density at radius 2 is 2.25 bits per heavy atom. The van der Waals surface area contributed by atoms with E-state index < -0.39 is 28.0 Å². The second-order valence-electron chi connectivity index (χ2n) is 5.35. The van der Waals surface area contributed by atoms with E-state index in [1.807, 2.05) is 5.38 Å². The first-order chi connectivity index (χ1) is 11.6. The fourth-order valence-corrected chi connectivity index (χ4v) is 4.36. The molecule has 1 fully saturated rings. The second-order valence-corrected chi connectivity index (χ2v) is 7.75. The minimum Gasteiger partial charge on any atom is -0.379 e. The van der Waals surface area contributed by atoms with E-state index in [0.717, 1.165) is 11.8 Å². The van der Waals surface area contributed by atoms with Gasteiger partial charge in [-0.05, 0) is 18.6 Å². The van der Waals surface area contributed by atoms with Gasteiger partial charge in [-0.2, -0.15) is 0 Å². The first-order valence-electron chi connectivity index (χ1n) is 7.39. The van der Waals surface area contributed by atoms with Gasteiger partial charge in [0.2, 0.25) is 10.0 Å². The molecule has 1 aromatic carbocycles. The van der Waals surface area contributed by atoms with Crippen LogP contribution in [0.25, 0.3) is 0 Å². The molecule has 2 heterocycles. The van der Waals surface area contributed by atoms with Gasteiger partial charge >= 0.3 is 0 Å². The van der Waals surface area contributed by atoms with Crippen LogP contribution in [0.1, 0.15) is 12.1 Å². The average molecular weight is 372 g/mol. The minimum atomic E-state index is -3.97. The third-order valence-corrected chi connectivity index (χ3v) is 5.82. The molecule has 0 radical (unpaired) electrons. The molecule has 1 aromatic heterocycles. The smallest absolute Gasteiger partial charge is 0.243 e. The van der Waals surface area contributed by atoms with Crippen LogP contribution in [-0.2, 0) is 26.1 Å². The summed E-state index contributed by atoms with van der Waals surface area (Å²) in [7, 11) is -3.97. The lowest BCUT2D eigenvalue weighted by Gasteiger charge is -2.31. The van der Waals surface area contributed by atoms with Gasteiger partial charge in [0.15, 0.2) is 0 Å². The van der Waals surface area contributed by atoms with Gasteiger partial charge in [0.25, 0.3) is 0 Å². The highest BCUT2D eigenvalue weighted by molar-refractivity contribution is 7.89. The molecule has 3 rings (SSSR count). The molecule has 9 heteroatoms. The lowest BCUT2D eigenvalue weighted by Crippen LogP contribution is -2.49. The predicted octanol–water partition coefficient (Wildman–Crippen LogP) is 1.93. The van der Waals surface area contributed by atoms with Gasteiger partial charge in [0.05, 0.1) is 36.6 Å². The highest BCUT2D eigenvalue weighted by atomic mass is 32.2. The SMILES string of the molecule is O=S(=O)(N[C@@H]1CCOC[C@H]1OCc1cscn1)c1ccccc1F. The van der Waals surface area contributed by atoms with Crippen LogP contribution in [0.15, 0.2) is 40.1 Å². The summed E-state index contributed by atoms with van der Waals surface area (Å²) in [6, 6.07) is 4.80. The Hall–Kier alpha value is -1.39. The van der Waals surface area contributed by atoms with Crippen LogP contribution < -0.4 is 4.72 Å². The van der Waals surface area contributed by atoms with Crippen molar-refractivity contribution in [3.8, 4) is 0 Å². The minimum absolute atomic E-state index is 0.272. The topological polar surface area (TPSA) is 77.5 Å². The molecule has 2 aromatic rings. The van der Waals surface area contributed by atoms with E-state index in [9.17, 15) is 12.8 Å². The third kappa shape index (κ3) is 4.17. The van der Waals surface area contributed by atoms with Gasteiger partial charge in [-0.1, -0.05) is 12.1 Å². The third-order valence-electron chi connectivity index (χ3n) is 3.67. The second kappa shape index (κ2) is 7.66. The van der Waals surface area contributed by atoms with Crippen molar-refractivity contribution in [1.29, 1.82) is 0 Å². The Labute approximate surface area is 143 Å². The first kappa shape index (κ1) is 17.4. The van der Waals surface area contributed by atoms with E-state index in [-0.39, 0.29) is 18.1 Å². The molecule has 1 aliphatic heterocycles. The maximum atomic E-state index is 13.8. The number of rotatable bonds is 6. The van der Waals surface area contributed by atoms with Crippen LogP contribution in [0.2, 0.25) is 0 Å². The van der Waals surface area contributed by atoms with Crippen molar-refractivity contribution in [2.24, 2.45) is 0 Å². The maximum Gasteiger partial charge on any atom is 0.243 e. The number of hydrogen-bond donors (Lipinski definition) is 1. The summed E-state index contributed by atoms with van der Waals surface area (Å²) in [6.45, 7) is 0.963. The molecular formula is C15H17FN2O4S2. The summed E-state index contributed by atoms with van der Waals surface area (Å²) in [5.41, 5.74) is 2.48. The van der Waals surface area contributed by atoms with Crippen molar-refractivity contribution in [2.75, 3.05) is 13.2 Å². The van der Waals surface area contributed by atoms with E-state index in [0.29, 0.717) is 13.0 Å². The molecule has 0 spiro atoms. The van der Waals surface area contributed by atoms with Crippen molar-refractivity contribution in [2.45, 2.75) is 30.1 Å². The number of halogens is 1. The Morgan fingerprint density at radius 3 is 3.00 bits per heavy atom. The molecule has 0 saturated carbocycles. The fourth-order valence-electron chi connectivity index (χ4n) is 2.44. The number of benzene rings is 1. The van der Waals surface area contributed by atoms with Crippen LogP contribution in [-0.4, -0.2) is 38.8 Å². The number of thiazole rings is 1. The predicted molar refractivity (Wildman–Crippen MR) is 86.6 cm³/mol. The molecule has 1 saturated heterocycles. The van der Waals surface area contributed by atoms with Crippen molar-refractivity contribution in [3.05, 3.63) is 46.7 Å². The maximum absolute atomic E-state index is 13.8. The zero-order valence-corrected chi connectivity index (χ0v) is 14.4. The van der Waals surface area contributed by atoms with Gasteiger partial charge < -0.3 is 9.47 Å². The summed E-state index contributed by atoms with van der Waals surface area (Å²) in [4.78, 5) is 3.76. The van der Waals surface area contributed by atoms with Gasteiger partial charge in [0.1, 0.15) is 10.7 Å². The van der Waals surface area contributed by atoms with E-state index in [2.05, 4.69) is 9.71 Å². The Kier molecular flexibility index (Phi) is 5.57. The number of hydrogen-bond acceptors (Lipinski definition) is 6. The molecule has 0 aliphatic carbocycles. The van der Waals surface area contributed by atoms with Crippen molar-refractivity contribution < 1.29 is 22.3 Å². The Bertz CT molecular complexity index is 768. The molecule has 1 N–H and O–H groups in total. The molecule has 0 amide bonds. The number of nitrogens with zero attached hydrogens (tertiary/aromatic N) is 1. The van der Waals surface area contributed by atoms with Crippen LogP contribution in [0.5, 0.6) is 0 Å². The van der Waals surface area contributed by atoms with Crippen molar-refractivity contribution in [1.82, 2.24) is 9.71 Å². The number of ether oxygens (including phenoxy) is 2. The summed E-state index contributed by atoms with van der Waals surface area (Å²) in [5.74, 6) is -0.781. The van der Waals surface area contributed by atoms with Crippen LogP contribution in [0.3, 0.4) is 0 Å². The Morgan fingerprint density at radius 1 is 1.42 bits per heavy atom. The summed E-state index contributed by atoms with van der Waals surface area (Å²) >= 11 is 1.46. The van der Waals surface area contributed by atoms with E-state index in [4.69, 9.17) is 9.47 Å². The standard InChI is InChI=1S/C15H17FN2O4S2/c16-12-3-1-2-4-15(12)24(19,20)18-13-5-6-21-8-14(13)22-7-11-9-23-10-17-11/h1-4,9-10,13-14,18H,5-8H2/t13-,14-/m1/s1. The highest BCUT2D eigenvalue weighted by Crippen LogP contribution is 2.19. The number of sulfonamides is 1.